The van der Waals surface area contributed by atoms with Gasteiger partial charge in [0.15, 0.2) is 0 Å². The minimum Gasteiger partial charge on any atom is -0.497 e. The molecule has 1 fully saturated rings. The van der Waals surface area contributed by atoms with Gasteiger partial charge in [-0.25, -0.2) is 0 Å². The number of carbonyl (C=O) groups is 3. The smallest absolute Gasteiger partial charge is 0.294 e. The molecular weight excluding hydrogens is 400 g/mol. The summed E-state index contributed by atoms with van der Waals surface area (Å²) >= 11 is 0.842. The number of methoxy groups -OCH3 is 1. The van der Waals surface area contributed by atoms with Gasteiger partial charge in [0, 0.05) is 5.69 Å². The lowest BCUT2D eigenvalue weighted by atomic mass is 9.87. The molecule has 0 unspecified atom stereocenters. The molecule has 7 heteroatoms. The van der Waals surface area contributed by atoms with Crippen LogP contribution in [0.1, 0.15) is 31.9 Å². The first-order valence-corrected chi connectivity index (χ1v) is 10.3. The first kappa shape index (κ1) is 21.6. The average molecular weight is 425 g/mol. The Labute approximate surface area is 180 Å². The molecular formula is C23H24N2O4S. The Morgan fingerprint density at radius 3 is 2.27 bits per heavy atom. The van der Waals surface area contributed by atoms with Crippen LogP contribution in [-0.2, 0) is 15.0 Å². The predicted molar refractivity (Wildman–Crippen MR) is 119 cm³/mol. The second-order valence-corrected chi connectivity index (χ2v) is 8.91. The van der Waals surface area contributed by atoms with E-state index in [1.165, 1.54) is 5.56 Å². The molecule has 0 bridgehead atoms. The maximum Gasteiger partial charge on any atom is 0.294 e. The third kappa shape index (κ3) is 5.10. The fourth-order valence-corrected chi connectivity index (χ4v) is 3.72. The van der Waals surface area contributed by atoms with E-state index in [1.54, 1.807) is 37.5 Å². The van der Waals surface area contributed by atoms with E-state index in [9.17, 15) is 14.4 Å². The van der Waals surface area contributed by atoms with Crippen molar-refractivity contribution in [1.82, 2.24) is 4.90 Å². The normalized spacial score (nSPS) is 15.6. The molecule has 3 amide bonds. The summed E-state index contributed by atoms with van der Waals surface area (Å²) in [6.45, 7) is 6.05. The third-order valence-electron chi connectivity index (χ3n) is 4.62. The highest BCUT2D eigenvalue weighted by Crippen LogP contribution is 2.32. The third-order valence-corrected chi connectivity index (χ3v) is 5.53. The molecule has 30 heavy (non-hydrogen) atoms. The number of carbonyl (C=O) groups excluding carboxylic acids is 3. The van der Waals surface area contributed by atoms with Crippen LogP contribution in [0, 0.1) is 0 Å². The number of amides is 3. The summed E-state index contributed by atoms with van der Waals surface area (Å²) in [4.78, 5) is 38.5. The van der Waals surface area contributed by atoms with E-state index in [2.05, 4.69) is 26.1 Å². The van der Waals surface area contributed by atoms with Crippen molar-refractivity contribution in [3.8, 4) is 5.75 Å². The molecule has 0 radical (unpaired) electrons. The highest BCUT2D eigenvalue weighted by molar-refractivity contribution is 8.18. The zero-order valence-corrected chi connectivity index (χ0v) is 18.2. The minimum atomic E-state index is -0.463. The van der Waals surface area contributed by atoms with Gasteiger partial charge in [0.25, 0.3) is 11.1 Å². The van der Waals surface area contributed by atoms with E-state index >= 15 is 0 Å². The summed E-state index contributed by atoms with van der Waals surface area (Å²) < 4.78 is 5.07. The van der Waals surface area contributed by atoms with Crippen LogP contribution in [0.2, 0.25) is 0 Å². The van der Waals surface area contributed by atoms with Crippen LogP contribution in [0.15, 0.2) is 53.4 Å². The number of imide groups is 1. The Balaban J connectivity index is 1.66. The SMILES string of the molecule is COc1ccc(NC(=O)CN2C(=O)S/C(=C/c3ccc(C(C)(C)C)cc3)C2=O)cc1. The van der Waals surface area contributed by atoms with Gasteiger partial charge in [0.05, 0.1) is 12.0 Å². The molecule has 1 saturated heterocycles. The molecule has 2 aromatic carbocycles. The number of benzene rings is 2. The lowest BCUT2D eigenvalue weighted by Gasteiger charge is -2.18. The Kier molecular flexibility index (Phi) is 6.31. The molecule has 0 saturated carbocycles. The monoisotopic (exact) mass is 424 g/mol. The zero-order valence-electron chi connectivity index (χ0n) is 17.4. The van der Waals surface area contributed by atoms with Crippen LogP contribution in [0.4, 0.5) is 10.5 Å². The van der Waals surface area contributed by atoms with Gasteiger partial charge >= 0.3 is 0 Å². The van der Waals surface area contributed by atoms with Crippen LogP contribution >= 0.6 is 11.8 Å². The number of anilines is 1. The number of hydrogen-bond acceptors (Lipinski definition) is 5. The Morgan fingerprint density at radius 2 is 1.70 bits per heavy atom. The van der Waals surface area contributed by atoms with Crippen LogP contribution in [0.3, 0.4) is 0 Å². The standard InChI is InChI=1S/C23H24N2O4S/c1-23(2,3)16-7-5-15(6-8-16)13-19-21(27)25(22(28)30-19)14-20(26)24-17-9-11-18(29-4)12-10-17/h5-13H,14H2,1-4H3,(H,24,26)/b19-13+. The highest BCUT2D eigenvalue weighted by atomic mass is 32.2. The first-order valence-electron chi connectivity index (χ1n) is 9.47. The topological polar surface area (TPSA) is 75.7 Å². The number of hydrogen-bond donors (Lipinski definition) is 1. The molecule has 156 valence electrons. The van der Waals surface area contributed by atoms with Crippen molar-refractivity contribution >= 4 is 40.6 Å². The van der Waals surface area contributed by atoms with Gasteiger partial charge in [-0.2, -0.15) is 0 Å². The number of ether oxygens (including phenoxy) is 1. The van der Waals surface area contributed by atoms with E-state index in [4.69, 9.17) is 4.74 Å². The Hall–Kier alpha value is -3.06. The fraction of sp³-hybridized carbons (Fsp3) is 0.261. The van der Waals surface area contributed by atoms with E-state index < -0.39 is 17.1 Å². The van der Waals surface area contributed by atoms with Crippen molar-refractivity contribution < 1.29 is 19.1 Å². The van der Waals surface area contributed by atoms with Crippen molar-refractivity contribution in [2.24, 2.45) is 0 Å². The first-order chi connectivity index (χ1) is 14.2. The van der Waals surface area contributed by atoms with Crippen molar-refractivity contribution in [2.75, 3.05) is 19.0 Å². The molecule has 0 aliphatic carbocycles. The lowest BCUT2D eigenvalue weighted by Crippen LogP contribution is -2.36. The van der Waals surface area contributed by atoms with Gasteiger partial charge in [-0.3, -0.25) is 19.3 Å². The molecule has 0 aromatic heterocycles. The van der Waals surface area contributed by atoms with E-state index in [0.29, 0.717) is 16.3 Å². The molecule has 6 nitrogen and oxygen atoms in total. The summed E-state index contributed by atoms with van der Waals surface area (Å²) in [7, 11) is 1.56. The van der Waals surface area contributed by atoms with E-state index in [-0.39, 0.29) is 12.0 Å². The quantitative estimate of drug-likeness (QED) is 0.706. The van der Waals surface area contributed by atoms with Gasteiger partial charge in [-0.1, -0.05) is 45.0 Å². The predicted octanol–water partition coefficient (Wildman–Crippen LogP) is 4.67. The van der Waals surface area contributed by atoms with Crippen molar-refractivity contribution in [3.05, 3.63) is 64.6 Å². The second kappa shape index (κ2) is 8.75. The molecule has 1 aliphatic rings. The number of thioether (sulfide) groups is 1. The molecule has 1 N–H and O–H groups in total. The zero-order chi connectivity index (χ0) is 21.9. The average Bonchev–Trinajstić information content (AvgIpc) is 2.95. The summed E-state index contributed by atoms with van der Waals surface area (Å²) in [6.07, 6.45) is 1.68. The van der Waals surface area contributed by atoms with Crippen LogP contribution < -0.4 is 10.1 Å². The van der Waals surface area contributed by atoms with Crippen molar-refractivity contribution in [1.29, 1.82) is 0 Å². The summed E-state index contributed by atoms with van der Waals surface area (Å²) in [5, 5.41) is 2.22. The van der Waals surface area contributed by atoms with Crippen LogP contribution in [-0.4, -0.2) is 35.6 Å². The van der Waals surface area contributed by atoms with Crippen molar-refractivity contribution in [3.63, 3.8) is 0 Å². The van der Waals surface area contributed by atoms with Gasteiger partial charge in [0.1, 0.15) is 12.3 Å². The van der Waals surface area contributed by atoms with Gasteiger partial charge in [-0.05, 0) is 58.6 Å². The van der Waals surface area contributed by atoms with Crippen LogP contribution in [0.5, 0.6) is 5.75 Å². The largest absolute Gasteiger partial charge is 0.497 e. The molecule has 0 spiro atoms. The lowest BCUT2D eigenvalue weighted by molar-refractivity contribution is -0.127. The van der Waals surface area contributed by atoms with Crippen molar-refractivity contribution in [2.45, 2.75) is 26.2 Å². The molecule has 0 atom stereocenters. The van der Waals surface area contributed by atoms with Gasteiger partial charge in [-0.15, -0.1) is 0 Å². The summed E-state index contributed by atoms with van der Waals surface area (Å²) in [5.41, 5.74) is 2.61. The van der Waals surface area contributed by atoms with Crippen LogP contribution in [0.25, 0.3) is 6.08 Å². The number of rotatable bonds is 5. The maximum absolute atomic E-state index is 12.6. The minimum absolute atomic E-state index is 0.0353. The molecule has 3 rings (SSSR count). The summed E-state index contributed by atoms with van der Waals surface area (Å²) in [6, 6.07) is 14.7. The molecule has 1 heterocycles. The van der Waals surface area contributed by atoms with E-state index in [1.807, 2.05) is 24.3 Å². The summed E-state index contributed by atoms with van der Waals surface area (Å²) in [5.74, 6) is -0.243. The van der Waals surface area contributed by atoms with E-state index in [0.717, 1.165) is 22.2 Å². The second-order valence-electron chi connectivity index (χ2n) is 7.92. The maximum atomic E-state index is 12.6. The van der Waals surface area contributed by atoms with Gasteiger partial charge < -0.3 is 10.1 Å². The molecule has 1 aliphatic heterocycles. The highest BCUT2D eigenvalue weighted by Gasteiger charge is 2.36. The molecule has 2 aromatic rings. The fourth-order valence-electron chi connectivity index (χ4n) is 2.89. The van der Waals surface area contributed by atoms with Gasteiger partial charge in [0.2, 0.25) is 5.91 Å². The Morgan fingerprint density at radius 1 is 1.07 bits per heavy atom. The number of nitrogens with zero attached hydrogens (tertiary/aromatic N) is 1. The Bertz CT molecular complexity index is 989. The number of nitrogens with one attached hydrogen (secondary N) is 1.